The van der Waals surface area contributed by atoms with E-state index in [1.807, 2.05) is 17.9 Å². The maximum atomic E-state index is 9.71. The van der Waals surface area contributed by atoms with Crippen molar-refractivity contribution in [1.82, 2.24) is 20.2 Å². The molecular weight excluding hydrogens is 240 g/mol. The Kier molecular flexibility index (Phi) is 3.50. The first-order valence-electron chi connectivity index (χ1n) is 6.73. The first-order chi connectivity index (χ1) is 9.24. The van der Waals surface area contributed by atoms with Crippen molar-refractivity contribution in [3.8, 4) is 0 Å². The summed E-state index contributed by atoms with van der Waals surface area (Å²) in [6, 6.07) is 6.34. The SMILES string of the molecule is Cn1cnc2cc(CNCC3CNCC3O)ccc21. The lowest BCUT2D eigenvalue weighted by atomic mass is 10.1. The molecular formula is C14H20N4O. The first kappa shape index (κ1) is 12.6. The van der Waals surface area contributed by atoms with Crippen LogP contribution in [-0.4, -0.2) is 40.4 Å². The lowest BCUT2D eigenvalue weighted by molar-refractivity contribution is 0.146. The standard InChI is InChI=1S/C14H20N4O/c1-18-9-17-12-4-10(2-3-13(12)18)5-15-6-11-7-16-8-14(11)19/h2-4,9,11,14-16,19H,5-8H2,1H3. The van der Waals surface area contributed by atoms with E-state index in [9.17, 15) is 5.11 Å². The average Bonchev–Trinajstić information content (AvgIpc) is 2.97. The minimum Gasteiger partial charge on any atom is -0.391 e. The molecule has 0 spiro atoms. The maximum Gasteiger partial charge on any atom is 0.0955 e. The van der Waals surface area contributed by atoms with Crippen LogP contribution in [0.4, 0.5) is 0 Å². The highest BCUT2D eigenvalue weighted by Gasteiger charge is 2.23. The zero-order valence-electron chi connectivity index (χ0n) is 11.1. The molecule has 3 N–H and O–H groups in total. The quantitative estimate of drug-likeness (QED) is 0.737. The molecule has 2 aromatic rings. The van der Waals surface area contributed by atoms with E-state index in [4.69, 9.17) is 0 Å². The summed E-state index contributed by atoms with van der Waals surface area (Å²) in [6.07, 6.45) is 1.62. The van der Waals surface area contributed by atoms with E-state index in [0.717, 1.165) is 30.7 Å². The van der Waals surface area contributed by atoms with Gasteiger partial charge in [-0.25, -0.2) is 4.98 Å². The fourth-order valence-electron chi connectivity index (χ4n) is 2.62. The van der Waals surface area contributed by atoms with Crippen molar-refractivity contribution in [1.29, 1.82) is 0 Å². The number of fused-ring (bicyclic) bond motifs is 1. The normalized spacial score (nSPS) is 23.3. The molecule has 1 aliphatic rings. The van der Waals surface area contributed by atoms with Crippen LogP contribution in [0.25, 0.3) is 11.0 Å². The Morgan fingerprint density at radius 3 is 3.16 bits per heavy atom. The number of aliphatic hydroxyl groups excluding tert-OH is 1. The van der Waals surface area contributed by atoms with Gasteiger partial charge >= 0.3 is 0 Å². The van der Waals surface area contributed by atoms with Gasteiger partial charge in [0.05, 0.1) is 23.5 Å². The van der Waals surface area contributed by atoms with E-state index in [1.165, 1.54) is 5.56 Å². The number of aromatic nitrogens is 2. The Morgan fingerprint density at radius 1 is 1.47 bits per heavy atom. The highest BCUT2D eigenvalue weighted by atomic mass is 16.3. The van der Waals surface area contributed by atoms with Crippen molar-refractivity contribution >= 4 is 11.0 Å². The number of β-amino-alcohol motifs (C(OH)–C–C–N with tert-alkyl or cyclic N) is 1. The molecule has 2 atom stereocenters. The molecule has 102 valence electrons. The molecule has 1 aliphatic heterocycles. The van der Waals surface area contributed by atoms with Crippen molar-refractivity contribution in [2.24, 2.45) is 13.0 Å². The summed E-state index contributed by atoms with van der Waals surface area (Å²) in [5, 5.41) is 16.3. The summed E-state index contributed by atoms with van der Waals surface area (Å²) in [7, 11) is 2.00. The van der Waals surface area contributed by atoms with Gasteiger partial charge in [0.1, 0.15) is 0 Å². The van der Waals surface area contributed by atoms with Gasteiger partial charge in [-0.15, -0.1) is 0 Å². The summed E-state index contributed by atoms with van der Waals surface area (Å²) >= 11 is 0. The number of hydrogen-bond donors (Lipinski definition) is 3. The highest BCUT2D eigenvalue weighted by Crippen LogP contribution is 2.14. The second-order valence-electron chi connectivity index (χ2n) is 5.30. The molecule has 0 radical (unpaired) electrons. The van der Waals surface area contributed by atoms with Crippen LogP contribution in [0.1, 0.15) is 5.56 Å². The molecule has 5 heteroatoms. The van der Waals surface area contributed by atoms with Crippen LogP contribution in [0, 0.1) is 5.92 Å². The van der Waals surface area contributed by atoms with Crippen molar-refractivity contribution < 1.29 is 5.11 Å². The predicted molar refractivity (Wildman–Crippen MR) is 74.8 cm³/mol. The Morgan fingerprint density at radius 2 is 2.37 bits per heavy atom. The van der Waals surface area contributed by atoms with Gasteiger partial charge in [0.15, 0.2) is 0 Å². The lowest BCUT2D eigenvalue weighted by Gasteiger charge is -2.14. The Balaban J connectivity index is 1.59. The minimum absolute atomic E-state index is 0.217. The predicted octanol–water partition coefficient (Wildman–Crippen LogP) is 0.243. The van der Waals surface area contributed by atoms with Crippen LogP contribution in [0.3, 0.4) is 0 Å². The zero-order chi connectivity index (χ0) is 13.2. The third kappa shape index (κ3) is 2.63. The van der Waals surface area contributed by atoms with Gasteiger partial charge in [-0.3, -0.25) is 0 Å². The Hall–Kier alpha value is -1.43. The summed E-state index contributed by atoms with van der Waals surface area (Å²) in [6.45, 7) is 3.27. The van der Waals surface area contributed by atoms with E-state index in [2.05, 4.69) is 33.8 Å². The van der Waals surface area contributed by atoms with Gasteiger partial charge in [0.25, 0.3) is 0 Å². The summed E-state index contributed by atoms with van der Waals surface area (Å²) in [4.78, 5) is 4.36. The number of aliphatic hydroxyl groups is 1. The second kappa shape index (κ2) is 5.28. The number of aryl methyl sites for hydroxylation is 1. The molecule has 0 aliphatic carbocycles. The van der Waals surface area contributed by atoms with Gasteiger partial charge in [0.2, 0.25) is 0 Å². The van der Waals surface area contributed by atoms with Crippen LogP contribution in [0.5, 0.6) is 0 Å². The van der Waals surface area contributed by atoms with E-state index in [1.54, 1.807) is 0 Å². The minimum atomic E-state index is -0.217. The van der Waals surface area contributed by atoms with Crippen molar-refractivity contribution in [3.63, 3.8) is 0 Å². The molecule has 0 saturated carbocycles. The molecule has 19 heavy (non-hydrogen) atoms. The third-order valence-corrected chi connectivity index (χ3v) is 3.83. The number of benzene rings is 1. The maximum absolute atomic E-state index is 9.71. The van der Waals surface area contributed by atoms with Crippen molar-refractivity contribution in [3.05, 3.63) is 30.1 Å². The van der Waals surface area contributed by atoms with E-state index >= 15 is 0 Å². The Labute approximate surface area is 112 Å². The van der Waals surface area contributed by atoms with Gasteiger partial charge in [0, 0.05) is 39.1 Å². The number of hydrogen-bond acceptors (Lipinski definition) is 4. The molecule has 1 aromatic carbocycles. The zero-order valence-corrected chi connectivity index (χ0v) is 11.1. The van der Waals surface area contributed by atoms with Crippen molar-refractivity contribution in [2.75, 3.05) is 19.6 Å². The molecule has 0 bridgehead atoms. The smallest absolute Gasteiger partial charge is 0.0955 e. The molecule has 3 rings (SSSR count). The number of nitrogens with zero attached hydrogens (tertiary/aromatic N) is 2. The molecule has 2 unspecified atom stereocenters. The van der Waals surface area contributed by atoms with Crippen LogP contribution in [0.2, 0.25) is 0 Å². The second-order valence-corrected chi connectivity index (χ2v) is 5.30. The van der Waals surface area contributed by atoms with Gasteiger partial charge < -0.3 is 20.3 Å². The fourth-order valence-corrected chi connectivity index (χ4v) is 2.62. The van der Waals surface area contributed by atoms with Crippen LogP contribution < -0.4 is 10.6 Å². The third-order valence-electron chi connectivity index (χ3n) is 3.83. The van der Waals surface area contributed by atoms with Crippen molar-refractivity contribution in [2.45, 2.75) is 12.6 Å². The lowest BCUT2D eigenvalue weighted by Crippen LogP contribution is -2.30. The van der Waals surface area contributed by atoms with E-state index < -0.39 is 0 Å². The van der Waals surface area contributed by atoms with Gasteiger partial charge in [-0.05, 0) is 17.7 Å². The van der Waals surface area contributed by atoms with Gasteiger partial charge in [-0.2, -0.15) is 0 Å². The largest absolute Gasteiger partial charge is 0.391 e. The van der Waals surface area contributed by atoms with Gasteiger partial charge in [-0.1, -0.05) is 6.07 Å². The summed E-state index contributed by atoms with van der Waals surface area (Å²) in [5.41, 5.74) is 3.41. The summed E-state index contributed by atoms with van der Waals surface area (Å²) < 4.78 is 2.02. The molecule has 1 saturated heterocycles. The summed E-state index contributed by atoms with van der Waals surface area (Å²) in [5.74, 6) is 0.318. The Bertz CT molecular complexity index is 566. The molecule has 2 heterocycles. The highest BCUT2D eigenvalue weighted by molar-refractivity contribution is 5.75. The molecule has 5 nitrogen and oxygen atoms in total. The van der Waals surface area contributed by atoms with E-state index in [-0.39, 0.29) is 6.10 Å². The fraction of sp³-hybridized carbons (Fsp3) is 0.500. The molecule has 0 amide bonds. The van der Waals surface area contributed by atoms with Crippen LogP contribution in [-0.2, 0) is 13.6 Å². The number of nitrogens with one attached hydrogen (secondary N) is 2. The molecule has 1 aromatic heterocycles. The van der Waals surface area contributed by atoms with Crippen LogP contribution >= 0.6 is 0 Å². The average molecular weight is 260 g/mol. The molecule has 1 fully saturated rings. The topological polar surface area (TPSA) is 62.1 Å². The van der Waals surface area contributed by atoms with E-state index in [0.29, 0.717) is 12.5 Å². The first-order valence-corrected chi connectivity index (χ1v) is 6.73. The number of rotatable bonds is 4. The number of imidazole rings is 1. The van der Waals surface area contributed by atoms with Crippen LogP contribution in [0.15, 0.2) is 24.5 Å². The monoisotopic (exact) mass is 260 g/mol.